The minimum absolute atomic E-state index is 0.181. The Bertz CT molecular complexity index is 591. The molecule has 0 heterocycles. The molecule has 4 heteroatoms. The average Bonchev–Trinajstić information content (AvgIpc) is 2.41. The highest BCUT2D eigenvalue weighted by Gasteiger charge is 2.09. The topological polar surface area (TPSA) is 46.5 Å². The average molecular weight is 260 g/mol. The molecule has 0 aliphatic rings. The number of hydrogen-bond acceptors (Lipinski definition) is 2. The molecule has 98 valence electrons. The molecule has 0 saturated heterocycles. The Hall–Kier alpha value is -2.36. The fraction of sp³-hybridized carbons (Fsp3) is 0.133. The lowest BCUT2D eigenvalue weighted by Gasteiger charge is -2.06. The highest BCUT2D eigenvalue weighted by molar-refractivity contribution is 5.72. The standard InChI is InChI=1S/C15H13FO3/c1-19-13-5-2-10(3-6-13)11-4-7-14(16)12(8-11)9-15(17)18/h2-8H,9H2,1H3,(H,17,18). The van der Waals surface area contributed by atoms with Crippen LogP contribution >= 0.6 is 0 Å². The van der Waals surface area contributed by atoms with Crippen molar-refractivity contribution in [2.45, 2.75) is 6.42 Å². The lowest BCUT2D eigenvalue weighted by Crippen LogP contribution is -2.02. The van der Waals surface area contributed by atoms with Crippen molar-refractivity contribution in [1.29, 1.82) is 0 Å². The van der Waals surface area contributed by atoms with Crippen LogP contribution in [-0.4, -0.2) is 18.2 Å². The van der Waals surface area contributed by atoms with Crippen molar-refractivity contribution in [3.63, 3.8) is 0 Å². The monoisotopic (exact) mass is 260 g/mol. The molecule has 0 saturated carbocycles. The Morgan fingerprint density at radius 2 is 1.79 bits per heavy atom. The largest absolute Gasteiger partial charge is 0.497 e. The van der Waals surface area contributed by atoms with E-state index in [4.69, 9.17) is 9.84 Å². The van der Waals surface area contributed by atoms with Gasteiger partial charge in [0, 0.05) is 0 Å². The van der Waals surface area contributed by atoms with Gasteiger partial charge in [-0.2, -0.15) is 0 Å². The third-order valence-electron chi connectivity index (χ3n) is 2.81. The molecular formula is C15H13FO3. The zero-order chi connectivity index (χ0) is 13.8. The number of benzene rings is 2. The summed E-state index contributed by atoms with van der Waals surface area (Å²) in [7, 11) is 1.58. The number of hydrogen-bond donors (Lipinski definition) is 1. The van der Waals surface area contributed by atoms with Crippen molar-refractivity contribution in [3.05, 3.63) is 53.8 Å². The van der Waals surface area contributed by atoms with E-state index in [-0.39, 0.29) is 12.0 Å². The molecule has 0 bridgehead atoms. The van der Waals surface area contributed by atoms with Gasteiger partial charge in [0.15, 0.2) is 0 Å². The van der Waals surface area contributed by atoms with Crippen LogP contribution in [0.4, 0.5) is 4.39 Å². The molecule has 0 atom stereocenters. The van der Waals surface area contributed by atoms with Gasteiger partial charge < -0.3 is 9.84 Å². The molecule has 0 aliphatic heterocycles. The molecule has 3 nitrogen and oxygen atoms in total. The van der Waals surface area contributed by atoms with Crippen molar-refractivity contribution in [2.24, 2.45) is 0 Å². The summed E-state index contributed by atoms with van der Waals surface area (Å²) in [5.74, 6) is -0.818. The third-order valence-corrected chi connectivity index (χ3v) is 2.81. The van der Waals surface area contributed by atoms with E-state index in [9.17, 15) is 9.18 Å². The fourth-order valence-corrected chi connectivity index (χ4v) is 1.84. The van der Waals surface area contributed by atoms with Gasteiger partial charge in [-0.3, -0.25) is 4.79 Å². The molecule has 19 heavy (non-hydrogen) atoms. The van der Waals surface area contributed by atoms with E-state index in [2.05, 4.69) is 0 Å². The lowest BCUT2D eigenvalue weighted by molar-refractivity contribution is -0.136. The molecule has 0 aromatic heterocycles. The Balaban J connectivity index is 2.36. The second kappa shape index (κ2) is 5.52. The van der Waals surface area contributed by atoms with Crippen molar-refractivity contribution in [3.8, 4) is 16.9 Å². The number of ether oxygens (including phenoxy) is 1. The van der Waals surface area contributed by atoms with Crippen LogP contribution < -0.4 is 4.74 Å². The van der Waals surface area contributed by atoms with Gasteiger partial charge in [0.1, 0.15) is 11.6 Å². The van der Waals surface area contributed by atoms with Gasteiger partial charge >= 0.3 is 5.97 Å². The van der Waals surface area contributed by atoms with Crippen LogP contribution in [0, 0.1) is 5.82 Å². The Labute approximate surface area is 110 Å². The van der Waals surface area contributed by atoms with Crippen LogP contribution in [0.5, 0.6) is 5.75 Å². The summed E-state index contributed by atoms with van der Waals surface area (Å²) >= 11 is 0. The number of carboxylic acids is 1. The summed E-state index contributed by atoms with van der Waals surface area (Å²) in [6.07, 6.45) is -0.324. The highest BCUT2D eigenvalue weighted by atomic mass is 19.1. The van der Waals surface area contributed by atoms with Crippen molar-refractivity contribution >= 4 is 5.97 Å². The van der Waals surface area contributed by atoms with E-state index in [0.29, 0.717) is 0 Å². The smallest absolute Gasteiger partial charge is 0.307 e. The quantitative estimate of drug-likeness (QED) is 0.918. The summed E-state index contributed by atoms with van der Waals surface area (Å²) < 4.78 is 18.5. The van der Waals surface area contributed by atoms with Crippen LogP contribution in [0.25, 0.3) is 11.1 Å². The van der Waals surface area contributed by atoms with Gasteiger partial charge in [-0.05, 0) is 41.0 Å². The SMILES string of the molecule is COc1ccc(-c2ccc(F)c(CC(=O)O)c2)cc1. The van der Waals surface area contributed by atoms with E-state index in [0.717, 1.165) is 16.9 Å². The second-order valence-corrected chi connectivity index (χ2v) is 4.11. The second-order valence-electron chi connectivity index (χ2n) is 4.11. The molecule has 2 aromatic rings. The van der Waals surface area contributed by atoms with E-state index in [1.54, 1.807) is 31.4 Å². The van der Waals surface area contributed by atoms with Crippen molar-refractivity contribution < 1.29 is 19.0 Å². The van der Waals surface area contributed by atoms with Gasteiger partial charge in [0.2, 0.25) is 0 Å². The van der Waals surface area contributed by atoms with Crippen LogP contribution in [0.3, 0.4) is 0 Å². The van der Waals surface area contributed by atoms with E-state index < -0.39 is 11.8 Å². The summed E-state index contributed by atoms with van der Waals surface area (Å²) in [4.78, 5) is 10.7. The molecular weight excluding hydrogens is 247 g/mol. The molecule has 0 radical (unpaired) electrons. The number of aliphatic carboxylic acids is 1. The predicted molar refractivity (Wildman–Crippen MR) is 69.7 cm³/mol. The van der Waals surface area contributed by atoms with Crippen LogP contribution in [0.2, 0.25) is 0 Å². The fourth-order valence-electron chi connectivity index (χ4n) is 1.84. The zero-order valence-electron chi connectivity index (χ0n) is 10.4. The highest BCUT2D eigenvalue weighted by Crippen LogP contribution is 2.24. The maximum atomic E-state index is 13.5. The summed E-state index contributed by atoms with van der Waals surface area (Å²) in [6.45, 7) is 0. The number of carbonyl (C=O) groups is 1. The van der Waals surface area contributed by atoms with E-state index >= 15 is 0 Å². The first-order valence-electron chi connectivity index (χ1n) is 5.75. The Kier molecular flexibility index (Phi) is 3.80. The van der Waals surface area contributed by atoms with E-state index in [1.165, 1.54) is 6.07 Å². The first-order valence-corrected chi connectivity index (χ1v) is 5.75. The van der Waals surface area contributed by atoms with Crippen LogP contribution in [-0.2, 0) is 11.2 Å². The minimum atomic E-state index is -1.05. The predicted octanol–water partition coefficient (Wildman–Crippen LogP) is 3.13. The molecule has 0 aliphatic carbocycles. The van der Waals surface area contributed by atoms with Gasteiger partial charge in [-0.15, -0.1) is 0 Å². The molecule has 2 rings (SSSR count). The number of methoxy groups -OCH3 is 1. The van der Waals surface area contributed by atoms with Gasteiger partial charge in [-0.25, -0.2) is 4.39 Å². The van der Waals surface area contributed by atoms with E-state index in [1.807, 2.05) is 12.1 Å². The molecule has 0 fully saturated rings. The van der Waals surface area contributed by atoms with Gasteiger partial charge in [0.25, 0.3) is 0 Å². The molecule has 0 unspecified atom stereocenters. The number of carboxylic acid groups (broad SMARTS) is 1. The first-order chi connectivity index (χ1) is 9.10. The Morgan fingerprint density at radius 1 is 1.16 bits per heavy atom. The summed E-state index contributed by atoms with van der Waals surface area (Å²) in [5.41, 5.74) is 1.84. The summed E-state index contributed by atoms with van der Waals surface area (Å²) in [5, 5.41) is 8.74. The van der Waals surface area contributed by atoms with Crippen LogP contribution in [0.1, 0.15) is 5.56 Å². The normalized spacial score (nSPS) is 10.2. The van der Waals surface area contributed by atoms with Gasteiger partial charge in [-0.1, -0.05) is 18.2 Å². The summed E-state index contributed by atoms with van der Waals surface area (Å²) in [6, 6.07) is 11.8. The van der Waals surface area contributed by atoms with Crippen molar-refractivity contribution in [2.75, 3.05) is 7.11 Å². The zero-order valence-corrected chi connectivity index (χ0v) is 10.4. The lowest BCUT2D eigenvalue weighted by atomic mass is 10.0. The Morgan fingerprint density at radius 3 is 2.37 bits per heavy atom. The number of rotatable bonds is 4. The molecule has 1 N–H and O–H groups in total. The van der Waals surface area contributed by atoms with Gasteiger partial charge in [0.05, 0.1) is 13.5 Å². The molecule has 0 spiro atoms. The minimum Gasteiger partial charge on any atom is -0.497 e. The molecule has 0 amide bonds. The third kappa shape index (κ3) is 3.10. The van der Waals surface area contributed by atoms with Crippen molar-refractivity contribution in [1.82, 2.24) is 0 Å². The molecule has 2 aromatic carbocycles. The van der Waals surface area contributed by atoms with Crippen LogP contribution in [0.15, 0.2) is 42.5 Å². The first kappa shape index (κ1) is 13.1. The maximum Gasteiger partial charge on any atom is 0.307 e. The maximum absolute atomic E-state index is 13.5. The number of halogens is 1.